The molecule has 0 bridgehead atoms. The standard InChI is InChI=1S/C19H27N5O4/c1-18(2,3)27-16(25)22-15(23-17(26)28-19(4,5)6)24(7)13-11-21-14-12(13)9-8-10-20-14/h8-11H,1-7H3,(H,20,21)(H,22,23,25,26). The molecular weight excluding hydrogens is 362 g/mol. The van der Waals surface area contributed by atoms with Gasteiger partial charge in [0, 0.05) is 24.8 Å². The van der Waals surface area contributed by atoms with Crippen LogP contribution in [0.2, 0.25) is 0 Å². The molecule has 0 unspecified atom stereocenters. The van der Waals surface area contributed by atoms with Crippen molar-refractivity contribution >= 4 is 34.9 Å². The van der Waals surface area contributed by atoms with Gasteiger partial charge in [0.05, 0.1) is 5.69 Å². The molecule has 9 heteroatoms. The fourth-order valence-corrected chi connectivity index (χ4v) is 2.29. The van der Waals surface area contributed by atoms with Crippen molar-refractivity contribution < 1.29 is 19.1 Å². The highest BCUT2D eigenvalue weighted by Crippen LogP contribution is 2.24. The molecule has 2 rings (SSSR count). The number of rotatable bonds is 1. The summed E-state index contributed by atoms with van der Waals surface area (Å²) in [5, 5.41) is 3.32. The molecule has 0 fully saturated rings. The number of nitrogens with one attached hydrogen (secondary N) is 2. The van der Waals surface area contributed by atoms with Gasteiger partial charge in [-0.05, 0) is 53.7 Å². The van der Waals surface area contributed by atoms with Crippen molar-refractivity contribution in [3.8, 4) is 0 Å². The minimum atomic E-state index is -0.830. The Morgan fingerprint density at radius 3 is 2.39 bits per heavy atom. The second-order valence-corrected chi connectivity index (χ2v) is 8.18. The van der Waals surface area contributed by atoms with E-state index in [1.165, 1.54) is 0 Å². The predicted octanol–water partition coefficient (Wildman–Crippen LogP) is 3.81. The van der Waals surface area contributed by atoms with Gasteiger partial charge in [-0.2, -0.15) is 0 Å². The lowest BCUT2D eigenvalue weighted by Gasteiger charge is -2.24. The largest absolute Gasteiger partial charge is 0.444 e. The van der Waals surface area contributed by atoms with Gasteiger partial charge in [-0.3, -0.25) is 5.32 Å². The zero-order valence-corrected chi connectivity index (χ0v) is 17.3. The van der Waals surface area contributed by atoms with E-state index in [0.717, 1.165) is 5.39 Å². The van der Waals surface area contributed by atoms with Gasteiger partial charge in [0.25, 0.3) is 0 Å². The second-order valence-electron chi connectivity index (χ2n) is 8.18. The smallest absolute Gasteiger partial charge is 0.437 e. The maximum Gasteiger partial charge on any atom is 0.437 e. The third-order valence-electron chi connectivity index (χ3n) is 3.31. The second kappa shape index (κ2) is 7.87. The molecule has 2 heterocycles. The van der Waals surface area contributed by atoms with Crippen molar-refractivity contribution in [3.05, 3.63) is 24.5 Å². The number of alkyl carbamates (subject to hydrolysis) is 1. The Hall–Kier alpha value is -3.10. The molecule has 0 aromatic carbocycles. The van der Waals surface area contributed by atoms with Crippen LogP contribution in [0.25, 0.3) is 11.0 Å². The predicted molar refractivity (Wildman–Crippen MR) is 108 cm³/mol. The van der Waals surface area contributed by atoms with Gasteiger partial charge in [0.15, 0.2) is 0 Å². The number of carbonyl (C=O) groups excluding carboxylic acids is 2. The van der Waals surface area contributed by atoms with Crippen LogP contribution in [0.1, 0.15) is 41.5 Å². The van der Waals surface area contributed by atoms with Crippen LogP contribution in [0.5, 0.6) is 0 Å². The molecule has 28 heavy (non-hydrogen) atoms. The fourth-order valence-electron chi connectivity index (χ4n) is 2.29. The fraction of sp³-hybridized carbons (Fsp3) is 0.474. The molecule has 2 aromatic rings. The quantitative estimate of drug-likeness (QED) is 0.567. The summed E-state index contributed by atoms with van der Waals surface area (Å²) in [5.41, 5.74) is -0.0923. The highest BCUT2D eigenvalue weighted by atomic mass is 16.6. The number of nitrogens with zero attached hydrogens (tertiary/aromatic N) is 3. The highest BCUT2D eigenvalue weighted by molar-refractivity contribution is 6.10. The Bertz CT molecular complexity index is 890. The summed E-state index contributed by atoms with van der Waals surface area (Å²) in [5.74, 6) is -0.0340. The number of ether oxygens (including phenoxy) is 2. The van der Waals surface area contributed by atoms with Crippen LogP contribution in [-0.4, -0.2) is 46.4 Å². The van der Waals surface area contributed by atoms with Gasteiger partial charge < -0.3 is 19.4 Å². The maximum atomic E-state index is 12.3. The number of hydrogen-bond acceptors (Lipinski definition) is 5. The summed E-state index contributed by atoms with van der Waals surface area (Å²) < 4.78 is 10.5. The number of aliphatic imine (C=N–C) groups is 1. The van der Waals surface area contributed by atoms with Gasteiger partial charge in [-0.25, -0.2) is 14.6 Å². The summed E-state index contributed by atoms with van der Waals surface area (Å²) in [4.78, 5) is 37.2. The van der Waals surface area contributed by atoms with Gasteiger partial charge in [-0.15, -0.1) is 4.99 Å². The van der Waals surface area contributed by atoms with Crippen LogP contribution in [0.3, 0.4) is 0 Å². The molecule has 0 aliphatic carbocycles. The average Bonchev–Trinajstić information content (AvgIpc) is 2.93. The first-order valence-corrected chi connectivity index (χ1v) is 8.83. The van der Waals surface area contributed by atoms with E-state index in [1.54, 1.807) is 72.0 Å². The lowest BCUT2D eigenvalue weighted by molar-refractivity contribution is 0.0561. The molecule has 0 saturated heterocycles. The van der Waals surface area contributed by atoms with E-state index in [-0.39, 0.29) is 5.96 Å². The van der Waals surface area contributed by atoms with E-state index >= 15 is 0 Å². The van der Waals surface area contributed by atoms with Crippen LogP contribution >= 0.6 is 0 Å². The molecule has 0 aliphatic heterocycles. The number of fused-ring (bicyclic) bond motifs is 1. The van der Waals surface area contributed by atoms with Crippen molar-refractivity contribution in [1.29, 1.82) is 0 Å². The van der Waals surface area contributed by atoms with E-state index in [4.69, 9.17) is 9.47 Å². The Balaban J connectivity index is 2.36. The van der Waals surface area contributed by atoms with Crippen molar-refractivity contribution in [3.63, 3.8) is 0 Å². The molecule has 2 amide bonds. The van der Waals surface area contributed by atoms with Gasteiger partial charge in [0.1, 0.15) is 16.8 Å². The first-order valence-electron chi connectivity index (χ1n) is 8.83. The summed E-state index contributed by atoms with van der Waals surface area (Å²) >= 11 is 0. The van der Waals surface area contributed by atoms with E-state index in [1.807, 2.05) is 6.07 Å². The van der Waals surface area contributed by atoms with Gasteiger partial charge in [0.2, 0.25) is 5.96 Å². The monoisotopic (exact) mass is 389 g/mol. The normalized spacial score (nSPS) is 12.6. The van der Waals surface area contributed by atoms with Crippen LogP contribution < -0.4 is 10.2 Å². The molecule has 0 aliphatic rings. The Morgan fingerprint density at radius 1 is 1.14 bits per heavy atom. The number of aromatic amines is 1. The lowest BCUT2D eigenvalue weighted by Crippen LogP contribution is -2.45. The number of aromatic nitrogens is 2. The summed E-state index contributed by atoms with van der Waals surface area (Å²) in [6, 6.07) is 3.66. The molecule has 0 atom stereocenters. The van der Waals surface area contributed by atoms with E-state index < -0.39 is 23.4 Å². The number of pyridine rings is 1. The molecule has 2 aromatic heterocycles. The number of carbonyl (C=O) groups is 2. The molecule has 152 valence electrons. The maximum absolute atomic E-state index is 12.3. The Morgan fingerprint density at radius 2 is 1.79 bits per heavy atom. The van der Waals surface area contributed by atoms with Gasteiger partial charge in [-0.1, -0.05) is 0 Å². The van der Waals surface area contributed by atoms with Crippen molar-refractivity contribution in [1.82, 2.24) is 15.3 Å². The molecule has 9 nitrogen and oxygen atoms in total. The Kier molecular flexibility index (Phi) is 5.96. The van der Waals surface area contributed by atoms with Gasteiger partial charge >= 0.3 is 12.2 Å². The van der Waals surface area contributed by atoms with Crippen LogP contribution in [0.15, 0.2) is 29.5 Å². The number of anilines is 1. The zero-order chi connectivity index (χ0) is 21.1. The molecule has 0 saturated carbocycles. The number of amides is 2. The van der Waals surface area contributed by atoms with E-state index in [2.05, 4.69) is 20.3 Å². The topological polar surface area (TPSA) is 109 Å². The third kappa shape index (κ3) is 5.97. The number of hydrogen-bond donors (Lipinski definition) is 2. The van der Waals surface area contributed by atoms with E-state index in [0.29, 0.717) is 11.3 Å². The highest BCUT2D eigenvalue weighted by Gasteiger charge is 2.23. The van der Waals surface area contributed by atoms with Crippen molar-refractivity contribution in [2.75, 3.05) is 11.9 Å². The lowest BCUT2D eigenvalue weighted by atomic mass is 10.2. The summed E-state index contributed by atoms with van der Waals surface area (Å²) in [6.07, 6.45) is 1.80. The number of H-pyrrole nitrogens is 1. The zero-order valence-electron chi connectivity index (χ0n) is 17.3. The Labute approximate surface area is 164 Å². The van der Waals surface area contributed by atoms with Crippen LogP contribution in [0, 0.1) is 0 Å². The van der Waals surface area contributed by atoms with Crippen molar-refractivity contribution in [2.24, 2.45) is 4.99 Å². The minimum Gasteiger partial charge on any atom is -0.444 e. The third-order valence-corrected chi connectivity index (χ3v) is 3.31. The van der Waals surface area contributed by atoms with E-state index in [9.17, 15) is 9.59 Å². The first-order chi connectivity index (χ1) is 12.9. The average molecular weight is 389 g/mol. The number of guanidine groups is 1. The molecular formula is C19H27N5O4. The SMILES string of the molecule is CN(C(=NC(=O)OC(C)(C)C)NC(=O)OC(C)(C)C)c1c[nH]c2ncccc12. The minimum absolute atomic E-state index is 0.0340. The summed E-state index contributed by atoms with van der Waals surface area (Å²) in [6.45, 7) is 10.4. The molecule has 0 spiro atoms. The molecule has 0 radical (unpaired) electrons. The van der Waals surface area contributed by atoms with Crippen LogP contribution in [-0.2, 0) is 9.47 Å². The molecule has 2 N–H and O–H groups in total. The first kappa shape index (κ1) is 21.2. The summed E-state index contributed by atoms with van der Waals surface area (Å²) in [7, 11) is 1.66. The van der Waals surface area contributed by atoms with Crippen LogP contribution in [0.4, 0.5) is 15.3 Å². The van der Waals surface area contributed by atoms with Crippen molar-refractivity contribution in [2.45, 2.75) is 52.7 Å².